The zero-order valence-electron chi connectivity index (χ0n) is 30.0. The van der Waals surface area contributed by atoms with Crippen LogP contribution in [0.2, 0.25) is 0 Å². The minimum atomic E-state index is 0.251. The molecule has 0 aromatic heterocycles. The molecule has 0 heterocycles. The standard InChI is InChI=1S/2C14H22.C13H20/c1-13(2,3)11-7-9-12(10-8-11)14(4,5)6;1-13(2,3)11-8-7-9-12(10-11)14(4,5)6;1-10(2)11-8-6-7-9-12(11)13(3,4)5/h2*7-10H,1-6H3;6-10H,1-5H3. The third kappa shape index (κ3) is 12.2. The lowest BCUT2D eigenvalue weighted by atomic mass is 9.81. The monoisotopic (exact) mass is 557 g/mol. The van der Waals surface area contributed by atoms with Crippen molar-refractivity contribution in [1.82, 2.24) is 0 Å². The maximum absolute atomic E-state index is 2.33. The molecule has 0 aliphatic rings. The van der Waals surface area contributed by atoms with Gasteiger partial charge in [-0.05, 0) is 66.4 Å². The maximum Gasteiger partial charge on any atom is -0.0129 e. The summed E-state index contributed by atoms with van der Waals surface area (Å²) in [5, 5.41) is 0. The van der Waals surface area contributed by atoms with Gasteiger partial charge in [0.2, 0.25) is 0 Å². The first-order valence-electron chi connectivity index (χ1n) is 15.7. The first-order chi connectivity index (χ1) is 18.3. The fraction of sp³-hybridized carbons (Fsp3) is 0.561. The molecule has 228 valence electrons. The molecule has 0 fully saturated rings. The average molecular weight is 557 g/mol. The van der Waals surface area contributed by atoms with Gasteiger partial charge in [-0.1, -0.05) is 190 Å². The van der Waals surface area contributed by atoms with Gasteiger partial charge in [0.15, 0.2) is 0 Å². The van der Waals surface area contributed by atoms with Crippen LogP contribution < -0.4 is 0 Å². The minimum absolute atomic E-state index is 0.251. The van der Waals surface area contributed by atoms with E-state index < -0.39 is 0 Å². The van der Waals surface area contributed by atoms with E-state index in [1.807, 2.05) is 0 Å². The van der Waals surface area contributed by atoms with Crippen molar-refractivity contribution in [2.24, 2.45) is 0 Å². The number of rotatable bonds is 1. The summed E-state index contributed by atoms with van der Waals surface area (Å²) in [6, 6.07) is 26.7. The van der Waals surface area contributed by atoms with Crippen molar-refractivity contribution in [3.05, 3.63) is 106 Å². The smallest absolute Gasteiger partial charge is 0.0129 e. The van der Waals surface area contributed by atoms with E-state index >= 15 is 0 Å². The molecule has 3 aromatic rings. The van der Waals surface area contributed by atoms with Gasteiger partial charge in [0, 0.05) is 0 Å². The highest BCUT2D eigenvalue weighted by Crippen LogP contribution is 2.31. The Kier molecular flexibility index (Phi) is 12.3. The highest BCUT2D eigenvalue weighted by atomic mass is 14.2. The van der Waals surface area contributed by atoms with Gasteiger partial charge in [-0.2, -0.15) is 0 Å². The number of benzene rings is 3. The molecule has 0 unspecified atom stereocenters. The van der Waals surface area contributed by atoms with Crippen molar-refractivity contribution in [3.63, 3.8) is 0 Å². The van der Waals surface area contributed by atoms with Crippen molar-refractivity contribution in [3.8, 4) is 0 Å². The summed E-state index contributed by atoms with van der Waals surface area (Å²) in [6.07, 6.45) is 0. The van der Waals surface area contributed by atoms with E-state index in [1.165, 1.54) is 33.4 Å². The molecule has 0 aliphatic carbocycles. The third-order valence-electron chi connectivity index (χ3n) is 7.60. The van der Waals surface area contributed by atoms with Crippen LogP contribution in [0.25, 0.3) is 0 Å². The largest absolute Gasteiger partial charge is 0.0620 e. The van der Waals surface area contributed by atoms with Gasteiger partial charge in [0.25, 0.3) is 0 Å². The topological polar surface area (TPSA) is 0 Å². The Morgan fingerprint density at radius 2 is 0.707 bits per heavy atom. The Morgan fingerprint density at radius 3 is 0.976 bits per heavy atom. The normalized spacial score (nSPS) is 12.7. The first kappa shape index (κ1) is 36.7. The molecule has 0 bridgehead atoms. The third-order valence-corrected chi connectivity index (χ3v) is 7.60. The first-order valence-corrected chi connectivity index (χ1v) is 15.7. The van der Waals surface area contributed by atoms with E-state index in [1.54, 1.807) is 0 Å². The van der Waals surface area contributed by atoms with Crippen LogP contribution in [-0.4, -0.2) is 0 Å². The molecule has 0 N–H and O–H groups in total. The van der Waals surface area contributed by atoms with Crippen LogP contribution in [0.1, 0.15) is 157 Å². The zero-order chi connectivity index (χ0) is 32.0. The molecule has 0 radical (unpaired) electrons. The van der Waals surface area contributed by atoms with Gasteiger partial charge in [-0.15, -0.1) is 0 Å². The lowest BCUT2D eigenvalue weighted by molar-refractivity contribution is 0.568. The SMILES string of the molecule is CC(C)(C)c1ccc(C(C)(C)C)cc1.CC(C)(C)c1cccc(C(C)(C)C)c1.CC(C)c1ccccc1C(C)(C)C. The molecule has 0 saturated heterocycles. The molecule has 0 spiro atoms. The van der Waals surface area contributed by atoms with Crippen LogP contribution in [-0.2, 0) is 27.1 Å². The van der Waals surface area contributed by atoms with Crippen LogP contribution in [0.4, 0.5) is 0 Å². The van der Waals surface area contributed by atoms with Gasteiger partial charge in [-0.25, -0.2) is 0 Å². The molecule has 0 nitrogen and oxygen atoms in total. The van der Waals surface area contributed by atoms with E-state index in [0.717, 1.165) is 0 Å². The van der Waals surface area contributed by atoms with E-state index in [2.05, 4.69) is 190 Å². The molecule has 0 amide bonds. The fourth-order valence-corrected chi connectivity index (χ4v) is 4.61. The lowest BCUT2D eigenvalue weighted by Crippen LogP contribution is -2.15. The number of hydrogen-bond acceptors (Lipinski definition) is 0. The molecule has 41 heavy (non-hydrogen) atoms. The molecule has 0 atom stereocenters. The Morgan fingerprint density at radius 1 is 0.366 bits per heavy atom. The second kappa shape index (κ2) is 13.8. The van der Waals surface area contributed by atoms with Crippen LogP contribution in [0.3, 0.4) is 0 Å². The van der Waals surface area contributed by atoms with Crippen LogP contribution in [0.5, 0.6) is 0 Å². The predicted molar refractivity (Wildman–Crippen MR) is 187 cm³/mol. The Balaban J connectivity index is 0.000000308. The molecule has 0 saturated carbocycles. The second-order valence-electron chi connectivity index (χ2n) is 17.2. The van der Waals surface area contributed by atoms with Crippen LogP contribution in [0.15, 0.2) is 72.8 Å². The molecule has 0 aliphatic heterocycles. The van der Waals surface area contributed by atoms with Crippen molar-refractivity contribution >= 4 is 0 Å². The lowest BCUT2D eigenvalue weighted by Gasteiger charge is -2.24. The van der Waals surface area contributed by atoms with Gasteiger partial charge in [0.1, 0.15) is 0 Å². The Hall–Kier alpha value is -2.34. The van der Waals surface area contributed by atoms with E-state index in [-0.39, 0.29) is 27.1 Å². The maximum atomic E-state index is 2.33. The van der Waals surface area contributed by atoms with Gasteiger partial charge < -0.3 is 0 Å². The van der Waals surface area contributed by atoms with E-state index in [0.29, 0.717) is 5.92 Å². The average Bonchev–Trinajstić information content (AvgIpc) is 2.82. The van der Waals surface area contributed by atoms with Gasteiger partial charge in [-0.3, -0.25) is 0 Å². The summed E-state index contributed by atoms with van der Waals surface area (Å²) in [4.78, 5) is 0. The summed E-state index contributed by atoms with van der Waals surface area (Å²) in [7, 11) is 0. The molecule has 3 aromatic carbocycles. The summed E-state index contributed by atoms with van der Waals surface area (Å²) < 4.78 is 0. The van der Waals surface area contributed by atoms with Gasteiger partial charge >= 0.3 is 0 Å². The molecular weight excluding hydrogens is 492 g/mol. The molecule has 3 rings (SSSR count). The minimum Gasteiger partial charge on any atom is -0.0620 e. The summed E-state index contributed by atoms with van der Waals surface area (Å²) in [6.45, 7) is 38.4. The zero-order valence-corrected chi connectivity index (χ0v) is 30.0. The Bertz CT molecular complexity index is 1120. The predicted octanol–water partition coefficient (Wildman–Crippen LogP) is 12.7. The van der Waals surface area contributed by atoms with Crippen molar-refractivity contribution < 1.29 is 0 Å². The second-order valence-corrected chi connectivity index (χ2v) is 17.2. The van der Waals surface area contributed by atoms with Crippen molar-refractivity contribution in [2.45, 2.75) is 151 Å². The summed E-state index contributed by atoms with van der Waals surface area (Å²) in [5.41, 5.74) is 9.90. The molecule has 0 heteroatoms. The quantitative estimate of drug-likeness (QED) is 0.279. The van der Waals surface area contributed by atoms with E-state index in [9.17, 15) is 0 Å². The number of hydrogen-bond donors (Lipinski definition) is 0. The van der Waals surface area contributed by atoms with Crippen LogP contribution in [0, 0.1) is 0 Å². The van der Waals surface area contributed by atoms with Crippen molar-refractivity contribution in [1.29, 1.82) is 0 Å². The van der Waals surface area contributed by atoms with Crippen molar-refractivity contribution in [2.75, 3.05) is 0 Å². The van der Waals surface area contributed by atoms with Crippen LogP contribution >= 0.6 is 0 Å². The van der Waals surface area contributed by atoms with Gasteiger partial charge in [0.05, 0.1) is 0 Å². The highest BCUT2D eigenvalue weighted by Gasteiger charge is 2.20. The highest BCUT2D eigenvalue weighted by molar-refractivity contribution is 5.35. The molecular formula is C41H64. The van der Waals surface area contributed by atoms with E-state index in [4.69, 9.17) is 0 Å². The summed E-state index contributed by atoms with van der Waals surface area (Å²) >= 11 is 0. The fourth-order valence-electron chi connectivity index (χ4n) is 4.61. The Labute approximate surface area is 256 Å². The summed E-state index contributed by atoms with van der Waals surface area (Å²) in [5.74, 6) is 0.621.